The summed E-state index contributed by atoms with van der Waals surface area (Å²) < 4.78 is 10.3. The molecule has 0 heterocycles. The van der Waals surface area contributed by atoms with Gasteiger partial charge >= 0.3 is 11.9 Å². The van der Waals surface area contributed by atoms with Gasteiger partial charge in [-0.05, 0) is 26.2 Å². The molecule has 0 fully saturated rings. The number of rotatable bonds is 8. The summed E-state index contributed by atoms with van der Waals surface area (Å²) in [6.07, 6.45) is 4.30. The van der Waals surface area contributed by atoms with Gasteiger partial charge in [0, 0.05) is 13.8 Å². The van der Waals surface area contributed by atoms with Crippen molar-refractivity contribution in [2.75, 3.05) is 0 Å². The molecule has 0 aromatic rings. The number of esters is 2. The van der Waals surface area contributed by atoms with Crippen LogP contribution in [0.4, 0.5) is 0 Å². The minimum absolute atomic E-state index is 0.0505. The van der Waals surface area contributed by atoms with Crippen LogP contribution in [-0.4, -0.2) is 24.1 Å². The predicted molar refractivity (Wildman–Crippen MR) is 65.5 cm³/mol. The van der Waals surface area contributed by atoms with Gasteiger partial charge in [0.15, 0.2) is 0 Å². The highest BCUT2D eigenvalue weighted by atomic mass is 16.5. The molecule has 0 spiro atoms. The van der Waals surface area contributed by atoms with Crippen LogP contribution in [-0.2, 0) is 19.1 Å². The number of ether oxygens (including phenoxy) is 2. The Labute approximate surface area is 104 Å². The van der Waals surface area contributed by atoms with Crippen molar-refractivity contribution in [3.63, 3.8) is 0 Å². The zero-order valence-corrected chi connectivity index (χ0v) is 11.3. The summed E-state index contributed by atoms with van der Waals surface area (Å²) in [6, 6.07) is 0. The number of carbonyl (C=O) groups excluding carboxylic acids is 2. The maximum atomic E-state index is 10.9. The molecule has 2 atom stereocenters. The van der Waals surface area contributed by atoms with Crippen LogP contribution >= 0.6 is 0 Å². The Kier molecular flexibility index (Phi) is 8.46. The van der Waals surface area contributed by atoms with E-state index in [9.17, 15) is 9.59 Å². The molecule has 0 aliphatic heterocycles. The average molecular weight is 244 g/mol. The quantitative estimate of drug-likeness (QED) is 0.616. The lowest BCUT2D eigenvalue weighted by atomic mass is 10.1. The molecule has 0 radical (unpaired) electrons. The summed E-state index contributed by atoms with van der Waals surface area (Å²) in [6.45, 7) is 6.78. The van der Waals surface area contributed by atoms with Gasteiger partial charge in [0.2, 0.25) is 0 Å². The average Bonchev–Trinajstić information content (AvgIpc) is 2.20. The van der Waals surface area contributed by atoms with E-state index in [0.29, 0.717) is 0 Å². The minimum atomic E-state index is -0.268. The second kappa shape index (κ2) is 9.02. The molecule has 0 aromatic heterocycles. The lowest BCUT2D eigenvalue weighted by Gasteiger charge is -2.19. The maximum absolute atomic E-state index is 10.9. The SMILES string of the molecule is CCCC[C@H](CC[C@H](C)OC(C)=O)OC(C)=O. The van der Waals surface area contributed by atoms with Crippen molar-refractivity contribution < 1.29 is 19.1 Å². The maximum Gasteiger partial charge on any atom is 0.302 e. The molecule has 0 aromatic carbocycles. The van der Waals surface area contributed by atoms with E-state index < -0.39 is 0 Å². The first-order chi connectivity index (χ1) is 7.95. The zero-order chi connectivity index (χ0) is 13.3. The van der Waals surface area contributed by atoms with Crippen molar-refractivity contribution in [3.8, 4) is 0 Å². The molecule has 17 heavy (non-hydrogen) atoms. The van der Waals surface area contributed by atoms with Crippen LogP contribution in [0.25, 0.3) is 0 Å². The molecule has 0 aliphatic carbocycles. The van der Waals surface area contributed by atoms with E-state index in [4.69, 9.17) is 9.47 Å². The first-order valence-electron chi connectivity index (χ1n) is 6.30. The Bertz CT molecular complexity index is 238. The van der Waals surface area contributed by atoms with Gasteiger partial charge in [0.25, 0.3) is 0 Å². The molecule has 0 aliphatic rings. The lowest BCUT2D eigenvalue weighted by Crippen LogP contribution is -2.20. The predicted octanol–water partition coefficient (Wildman–Crippen LogP) is 2.84. The second-order valence-electron chi connectivity index (χ2n) is 4.37. The molecule has 0 saturated carbocycles. The third-order valence-electron chi connectivity index (χ3n) is 2.47. The Morgan fingerprint density at radius 2 is 1.59 bits per heavy atom. The van der Waals surface area contributed by atoms with Crippen molar-refractivity contribution in [1.82, 2.24) is 0 Å². The van der Waals surface area contributed by atoms with Gasteiger partial charge in [0.05, 0.1) is 6.10 Å². The standard InChI is InChI=1S/C13H24O4/c1-5-6-7-13(17-12(4)15)9-8-10(2)16-11(3)14/h10,13H,5-9H2,1-4H3/t10-,13+/m0/s1. The Morgan fingerprint density at radius 3 is 2.06 bits per heavy atom. The summed E-state index contributed by atoms with van der Waals surface area (Å²) in [5.41, 5.74) is 0. The Morgan fingerprint density at radius 1 is 1.00 bits per heavy atom. The normalized spacial score (nSPS) is 13.9. The third-order valence-corrected chi connectivity index (χ3v) is 2.47. The van der Waals surface area contributed by atoms with Crippen molar-refractivity contribution in [3.05, 3.63) is 0 Å². The molecule has 0 N–H and O–H groups in total. The van der Waals surface area contributed by atoms with Crippen LogP contribution < -0.4 is 0 Å². The van der Waals surface area contributed by atoms with E-state index in [0.717, 1.165) is 32.1 Å². The highest BCUT2D eigenvalue weighted by Crippen LogP contribution is 2.14. The summed E-state index contributed by atoms with van der Waals surface area (Å²) in [5.74, 6) is -0.513. The lowest BCUT2D eigenvalue weighted by molar-refractivity contribution is -0.150. The molecule has 0 bridgehead atoms. The molecule has 0 rings (SSSR count). The van der Waals surface area contributed by atoms with E-state index in [1.54, 1.807) is 0 Å². The van der Waals surface area contributed by atoms with Gasteiger partial charge < -0.3 is 9.47 Å². The van der Waals surface area contributed by atoms with E-state index in [1.807, 2.05) is 6.92 Å². The van der Waals surface area contributed by atoms with E-state index in [1.165, 1.54) is 13.8 Å². The molecule has 0 amide bonds. The highest BCUT2D eigenvalue weighted by molar-refractivity contribution is 5.66. The molecular weight excluding hydrogens is 220 g/mol. The first-order valence-corrected chi connectivity index (χ1v) is 6.30. The van der Waals surface area contributed by atoms with E-state index in [-0.39, 0.29) is 24.1 Å². The molecule has 4 nitrogen and oxygen atoms in total. The molecule has 100 valence electrons. The second-order valence-corrected chi connectivity index (χ2v) is 4.37. The van der Waals surface area contributed by atoms with Crippen LogP contribution in [0.15, 0.2) is 0 Å². The monoisotopic (exact) mass is 244 g/mol. The summed E-state index contributed by atoms with van der Waals surface area (Å²) >= 11 is 0. The third kappa shape index (κ3) is 9.85. The van der Waals surface area contributed by atoms with Crippen LogP contribution in [0.3, 0.4) is 0 Å². The topological polar surface area (TPSA) is 52.6 Å². The first kappa shape index (κ1) is 15.9. The van der Waals surface area contributed by atoms with Crippen molar-refractivity contribution >= 4 is 11.9 Å². The fraction of sp³-hybridized carbons (Fsp3) is 0.846. The Hall–Kier alpha value is -1.06. The van der Waals surface area contributed by atoms with E-state index >= 15 is 0 Å². The largest absolute Gasteiger partial charge is 0.463 e. The van der Waals surface area contributed by atoms with E-state index in [2.05, 4.69) is 6.92 Å². The van der Waals surface area contributed by atoms with Crippen LogP contribution in [0.5, 0.6) is 0 Å². The molecule has 0 unspecified atom stereocenters. The van der Waals surface area contributed by atoms with Crippen molar-refractivity contribution in [2.24, 2.45) is 0 Å². The fourth-order valence-corrected chi connectivity index (χ4v) is 1.69. The van der Waals surface area contributed by atoms with Crippen molar-refractivity contribution in [2.45, 2.75) is 72.0 Å². The molecular formula is C13H24O4. The summed E-state index contributed by atoms with van der Waals surface area (Å²) in [5, 5.41) is 0. The van der Waals surface area contributed by atoms with Gasteiger partial charge in [-0.25, -0.2) is 0 Å². The smallest absolute Gasteiger partial charge is 0.302 e. The molecule has 4 heteroatoms. The van der Waals surface area contributed by atoms with Gasteiger partial charge in [-0.2, -0.15) is 0 Å². The van der Waals surface area contributed by atoms with Crippen LogP contribution in [0.1, 0.15) is 59.8 Å². The Balaban J connectivity index is 3.96. The number of carbonyl (C=O) groups is 2. The van der Waals surface area contributed by atoms with Crippen molar-refractivity contribution in [1.29, 1.82) is 0 Å². The van der Waals surface area contributed by atoms with Gasteiger partial charge in [0.1, 0.15) is 6.10 Å². The summed E-state index contributed by atoms with van der Waals surface area (Å²) in [7, 11) is 0. The van der Waals surface area contributed by atoms with Gasteiger partial charge in [-0.3, -0.25) is 9.59 Å². The minimum Gasteiger partial charge on any atom is -0.463 e. The molecule has 0 saturated heterocycles. The highest BCUT2D eigenvalue weighted by Gasteiger charge is 2.14. The van der Waals surface area contributed by atoms with Crippen LogP contribution in [0.2, 0.25) is 0 Å². The summed E-state index contributed by atoms with van der Waals surface area (Å²) in [4.78, 5) is 21.7. The van der Waals surface area contributed by atoms with Gasteiger partial charge in [-0.1, -0.05) is 19.8 Å². The van der Waals surface area contributed by atoms with Crippen LogP contribution in [0, 0.1) is 0 Å². The number of hydrogen-bond acceptors (Lipinski definition) is 4. The zero-order valence-electron chi connectivity index (χ0n) is 11.3. The number of hydrogen-bond donors (Lipinski definition) is 0. The number of unbranched alkanes of at least 4 members (excludes halogenated alkanes) is 1. The fourth-order valence-electron chi connectivity index (χ4n) is 1.69. The van der Waals surface area contributed by atoms with Gasteiger partial charge in [-0.15, -0.1) is 0 Å².